The van der Waals surface area contributed by atoms with Crippen molar-refractivity contribution in [1.82, 2.24) is 4.98 Å². The van der Waals surface area contributed by atoms with Crippen molar-refractivity contribution in [3.8, 4) is 0 Å². The van der Waals surface area contributed by atoms with Crippen LogP contribution >= 0.6 is 15.9 Å². The van der Waals surface area contributed by atoms with Crippen molar-refractivity contribution < 1.29 is 0 Å². The van der Waals surface area contributed by atoms with Crippen LogP contribution in [0.1, 0.15) is 11.1 Å². The normalized spacial score (nSPS) is 10.2. The first kappa shape index (κ1) is 12.1. The molecule has 3 nitrogen and oxygen atoms in total. The molecular weight excluding hydrogens is 278 g/mol. The van der Waals surface area contributed by atoms with E-state index in [1.54, 1.807) is 6.20 Å². The maximum Gasteiger partial charge on any atom is 0.0487 e. The summed E-state index contributed by atoms with van der Waals surface area (Å²) in [5.74, 6) is 0. The molecule has 0 radical (unpaired) electrons. The van der Waals surface area contributed by atoms with Gasteiger partial charge in [-0.2, -0.15) is 0 Å². The fourth-order valence-corrected chi connectivity index (χ4v) is 2.03. The number of halogens is 1. The van der Waals surface area contributed by atoms with Crippen LogP contribution < -0.4 is 11.1 Å². The number of nitrogens with zero attached hydrogens (tertiary/aromatic N) is 1. The summed E-state index contributed by atoms with van der Waals surface area (Å²) in [5, 5.41) is 3.36. The predicted octanol–water partition coefficient (Wildman–Crippen LogP) is 2.91. The molecule has 0 saturated carbocycles. The molecule has 2 rings (SSSR count). The van der Waals surface area contributed by atoms with E-state index >= 15 is 0 Å². The fraction of sp³-hybridized carbons (Fsp3) is 0.154. The van der Waals surface area contributed by atoms with E-state index in [1.165, 1.54) is 0 Å². The summed E-state index contributed by atoms with van der Waals surface area (Å²) >= 11 is 3.50. The number of nitrogens with two attached hydrogens (primary N) is 1. The first-order valence-electron chi connectivity index (χ1n) is 5.41. The van der Waals surface area contributed by atoms with Crippen molar-refractivity contribution in [3.63, 3.8) is 0 Å². The molecular formula is C13H14BrN3. The highest BCUT2D eigenvalue weighted by Gasteiger charge is 2.02. The standard InChI is InChI=1S/C13H14BrN3/c14-12-3-1-2-4-13(12)17-9-11-8-16-6-5-10(11)7-15/h1-6,8,17H,7,9,15H2. The van der Waals surface area contributed by atoms with E-state index in [2.05, 4.69) is 26.2 Å². The van der Waals surface area contributed by atoms with Gasteiger partial charge < -0.3 is 11.1 Å². The van der Waals surface area contributed by atoms with Gasteiger partial charge in [0, 0.05) is 35.6 Å². The molecule has 1 aromatic carbocycles. The van der Waals surface area contributed by atoms with Gasteiger partial charge in [0.15, 0.2) is 0 Å². The van der Waals surface area contributed by atoms with E-state index in [0.717, 1.165) is 27.8 Å². The Kier molecular flexibility index (Phi) is 4.12. The van der Waals surface area contributed by atoms with Gasteiger partial charge in [0.1, 0.15) is 0 Å². The number of hydrogen-bond donors (Lipinski definition) is 2. The molecule has 4 heteroatoms. The zero-order valence-corrected chi connectivity index (χ0v) is 10.9. The molecule has 0 atom stereocenters. The van der Waals surface area contributed by atoms with E-state index in [4.69, 9.17) is 5.73 Å². The molecule has 0 unspecified atom stereocenters. The Hall–Kier alpha value is -1.39. The lowest BCUT2D eigenvalue weighted by Gasteiger charge is -2.10. The Morgan fingerprint density at radius 1 is 1.18 bits per heavy atom. The molecule has 1 aromatic heterocycles. The predicted molar refractivity (Wildman–Crippen MR) is 73.6 cm³/mol. The Bertz CT molecular complexity index is 500. The minimum Gasteiger partial charge on any atom is -0.380 e. The third-order valence-electron chi connectivity index (χ3n) is 2.57. The molecule has 88 valence electrons. The topological polar surface area (TPSA) is 50.9 Å². The Labute approximate surface area is 109 Å². The van der Waals surface area contributed by atoms with Crippen LogP contribution in [0.15, 0.2) is 47.2 Å². The molecule has 2 aromatic rings. The SMILES string of the molecule is NCc1ccncc1CNc1ccccc1Br. The van der Waals surface area contributed by atoms with Gasteiger partial charge in [-0.1, -0.05) is 12.1 Å². The van der Waals surface area contributed by atoms with Crippen LogP contribution in [-0.2, 0) is 13.1 Å². The van der Waals surface area contributed by atoms with Crippen molar-refractivity contribution in [2.24, 2.45) is 5.73 Å². The molecule has 3 N–H and O–H groups in total. The minimum absolute atomic E-state index is 0.537. The molecule has 0 bridgehead atoms. The quantitative estimate of drug-likeness (QED) is 0.911. The van der Waals surface area contributed by atoms with E-state index in [0.29, 0.717) is 6.54 Å². The summed E-state index contributed by atoms with van der Waals surface area (Å²) in [5.41, 5.74) is 9.01. The summed E-state index contributed by atoms with van der Waals surface area (Å²) < 4.78 is 1.05. The van der Waals surface area contributed by atoms with Crippen LogP contribution in [-0.4, -0.2) is 4.98 Å². The summed E-state index contributed by atoms with van der Waals surface area (Å²) in [7, 11) is 0. The zero-order valence-electron chi connectivity index (χ0n) is 9.36. The Morgan fingerprint density at radius 2 is 2.00 bits per heavy atom. The Morgan fingerprint density at radius 3 is 2.76 bits per heavy atom. The zero-order chi connectivity index (χ0) is 12.1. The number of benzene rings is 1. The molecule has 0 aliphatic carbocycles. The second-order valence-electron chi connectivity index (χ2n) is 3.68. The van der Waals surface area contributed by atoms with Crippen LogP contribution in [0, 0.1) is 0 Å². The summed E-state index contributed by atoms with van der Waals surface area (Å²) in [6, 6.07) is 9.99. The van der Waals surface area contributed by atoms with Gasteiger partial charge in [0.25, 0.3) is 0 Å². The lowest BCUT2D eigenvalue weighted by Crippen LogP contribution is -2.07. The summed E-state index contributed by atoms with van der Waals surface area (Å²) in [4.78, 5) is 4.12. The van der Waals surface area contributed by atoms with Crippen molar-refractivity contribution >= 4 is 21.6 Å². The number of rotatable bonds is 4. The second kappa shape index (κ2) is 5.80. The van der Waals surface area contributed by atoms with Crippen LogP contribution in [0.3, 0.4) is 0 Å². The molecule has 0 aliphatic heterocycles. The third-order valence-corrected chi connectivity index (χ3v) is 3.26. The maximum absolute atomic E-state index is 5.68. The van der Waals surface area contributed by atoms with Gasteiger partial charge in [0.05, 0.1) is 0 Å². The van der Waals surface area contributed by atoms with Crippen LogP contribution in [0.4, 0.5) is 5.69 Å². The van der Waals surface area contributed by atoms with Crippen LogP contribution in [0.2, 0.25) is 0 Å². The lowest BCUT2D eigenvalue weighted by molar-refractivity contribution is 0.988. The van der Waals surface area contributed by atoms with Crippen molar-refractivity contribution in [2.45, 2.75) is 13.1 Å². The molecule has 1 heterocycles. The molecule has 0 fully saturated rings. The van der Waals surface area contributed by atoms with E-state index in [1.807, 2.05) is 36.5 Å². The number of hydrogen-bond acceptors (Lipinski definition) is 3. The van der Waals surface area contributed by atoms with Crippen LogP contribution in [0.25, 0.3) is 0 Å². The van der Waals surface area contributed by atoms with Gasteiger partial charge in [-0.15, -0.1) is 0 Å². The van der Waals surface area contributed by atoms with Gasteiger partial charge in [-0.3, -0.25) is 4.98 Å². The van der Waals surface area contributed by atoms with Crippen LogP contribution in [0.5, 0.6) is 0 Å². The maximum atomic E-state index is 5.68. The van der Waals surface area contributed by atoms with E-state index in [-0.39, 0.29) is 0 Å². The highest BCUT2D eigenvalue weighted by Crippen LogP contribution is 2.22. The van der Waals surface area contributed by atoms with E-state index in [9.17, 15) is 0 Å². The third kappa shape index (κ3) is 3.05. The minimum atomic E-state index is 0.537. The molecule has 0 amide bonds. The summed E-state index contributed by atoms with van der Waals surface area (Å²) in [6.07, 6.45) is 3.62. The molecule has 0 aliphatic rings. The molecule has 0 saturated heterocycles. The van der Waals surface area contributed by atoms with Gasteiger partial charge >= 0.3 is 0 Å². The lowest BCUT2D eigenvalue weighted by atomic mass is 10.1. The first-order valence-corrected chi connectivity index (χ1v) is 6.21. The average molecular weight is 292 g/mol. The number of pyridine rings is 1. The summed E-state index contributed by atoms with van der Waals surface area (Å²) in [6.45, 7) is 1.26. The smallest absolute Gasteiger partial charge is 0.0487 e. The first-order chi connectivity index (χ1) is 8.31. The van der Waals surface area contributed by atoms with E-state index < -0.39 is 0 Å². The molecule has 0 spiro atoms. The number of aromatic nitrogens is 1. The molecule has 17 heavy (non-hydrogen) atoms. The number of para-hydroxylation sites is 1. The largest absolute Gasteiger partial charge is 0.380 e. The van der Waals surface area contributed by atoms with Gasteiger partial charge in [0.2, 0.25) is 0 Å². The number of anilines is 1. The van der Waals surface area contributed by atoms with Gasteiger partial charge in [-0.05, 0) is 45.3 Å². The van der Waals surface area contributed by atoms with Crippen molar-refractivity contribution in [1.29, 1.82) is 0 Å². The highest BCUT2D eigenvalue weighted by atomic mass is 79.9. The van der Waals surface area contributed by atoms with Crippen molar-refractivity contribution in [2.75, 3.05) is 5.32 Å². The van der Waals surface area contributed by atoms with Gasteiger partial charge in [-0.25, -0.2) is 0 Å². The highest BCUT2D eigenvalue weighted by molar-refractivity contribution is 9.10. The second-order valence-corrected chi connectivity index (χ2v) is 4.54. The number of nitrogens with one attached hydrogen (secondary N) is 1. The fourth-order valence-electron chi connectivity index (χ4n) is 1.61. The average Bonchev–Trinajstić information content (AvgIpc) is 2.38. The monoisotopic (exact) mass is 291 g/mol. The Balaban J connectivity index is 2.10. The van der Waals surface area contributed by atoms with Crippen molar-refractivity contribution in [3.05, 3.63) is 58.3 Å².